The first-order valence-corrected chi connectivity index (χ1v) is 12.9. The average molecular weight is 543 g/mol. The number of nitrogens with zero attached hydrogens (tertiary/aromatic N) is 4. The summed E-state index contributed by atoms with van der Waals surface area (Å²) in [6, 6.07) is 21.9. The van der Waals surface area contributed by atoms with Crippen LogP contribution in [0.4, 0.5) is 11.4 Å². The zero-order valence-corrected chi connectivity index (χ0v) is 22.6. The molecule has 0 aliphatic carbocycles. The number of para-hydroxylation sites is 2. The van der Waals surface area contributed by atoms with Crippen LogP contribution in [0.15, 0.2) is 88.6 Å². The highest BCUT2D eigenvalue weighted by molar-refractivity contribution is 8.16. The van der Waals surface area contributed by atoms with Gasteiger partial charge in [-0.3, -0.25) is 14.5 Å². The van der Waals surface area contributed by atoms with Gasteiger partial charge in [-0.1, -0.05) is 48.2 Å². The number of rotatable bonds is 7. The lowest BCUT2D eigenvalue weighted by atomic mass is 10.1. The number of aliphatic imine (C=N–C) groups is 1. The third-order valence-corrected chi connectivity index (χ3v) is 7.39. The summed E-state index contributed by atoms with van der Waals surface area (Å²) in [6.07, 6.45) is 1.66. The fourth-order valence-electron chi connectivity index (χ4n) is 4.27. The minimum atomic E-state index is -0.636. The standard InChI is InChI=1S/C29H26N4O5S/c1-18-26(28(35)33(31-18)21-13-9-6-10-14-21)39-29-30-22(27(34)32(29)20-11-7-5-8-12-20)15-19-16-23(36-2)25(38-4)24(17-19)37-3/h5-17,26H,1-4H3/b22-15+/t26-/m0/s1. The molecule has 2 heterocycles. The number of hydrogen-bond acceptors (Lipinski definition) is 8. The van der Waals surface area contributed by atoms with E-state index in [9.17, 15) is 9.59 Å². The Bertz CT molecular complexity index is 1480. The van der Waals surface area contributed by atoms with Crippen molar-refractivity contribution in [2.45, 2.75) is 12.2 Å². The van der Waals surface area contributed by atoms with Gasteiger partial charge in [0.2, 0.25) is 5.75 Å². The number of ether oxygens (including phenoxy) is 3. The molecule has 0 radical (unpaired) electrons. The van der Waals surface area contributed by atoms with Crippen LogP contribution in [-0.2, 0) is 9.59 Å². The Balaban J connectivity index is 1.52. The highest BCUT2D eigenvalue weighted by Gasteiger charge is 2.40. The van der Waals surface area contributed by atoms with Crippen molar-refractivity contribution in [3.63, 3.8) is 0 Å². The predicted octanol–water partition coefficient (Wildman–Crippen LogP) is 4.98. The number of carbonyl (C=O) groups is 2. The monoisotopic (exact) mass is 542 g/mol. The highest BCUT2D eigenvalue weighted by Crippen LogP contribution is 2.40. The van der Waals surface area contributed by atoms with E-state index in [4.69, 9.17) is 14.2 Å². The Kier molecular flexibility index (Phi) is 7.38. The molecule has 0 saturated heterocycles. The third-order valence-electron chi connectivity index (χ3n) is 6.13. The van der Waals surface area contributed by atoms with Crippen molar-refractivity contribution >= 4 is 51.9 Å². The molecule has 2 aliphatic rings. The fraction of sp³-hybridized carbons (Fsp3) is 0.172. The number of hydrazone groups is 1. The van der Waals surface area contributed by atoms with Gasteiger partial charge in [0, 0.05) is 0 Å². The van der Waals surface area contributed by atoms with Gasteiger partial charge in [-0.25, -0.2) is 4.99 Å². The molecule has 0 spiro atoms. The van der Waals surface area contributed by atoms with Crippen LogP contribution in [0.1, 0.15) is 12.5 Å². The van der Waals surface area contributed by atoms with Crippen LogP contribution in [0.25, 0.3) is 6.08 Å². The van der Waals surface area contributed by atoms with Gasteiger partial charge in [0.15, 0.2) is 16.7 Å². The van der Waals surface area contributed by atoms with Crippen molar-refractivity contribution in [3.05, 3.63) is 84.1 Å². The molecule has 9 nitrogen and oxygen atoms in total. The van der Waals surface area contributed by atoms with E-state index in [0.29, 0.717) is 45.1 Å². The van der Waals surface area contributed by atoms with E-state index < -0.39 is 5.25 Å². The Morgan fingerprint density at radius 2 is 1.44 bits per heavy atom. The largest absolute Gasteiger partial charge is 0.493 e. The number of carbonyl (C=O) groups excluding carboxylic acids is 2. The van der Waals surface area contributed by atoms with E-state index in [-0.39, 0.29) is 17.5 Å². The molecule has 0 bridgehead atoms. The van der Waals surface area contributed by atoms with Crippen LogP contribution < -0.4 is 24.1 Å². The smallest absolute Gasteiger partial charge is 0.283 e. The molecule has 2 amide bonds. The van der Waals surface area contributed by atoms with Gasteiger partial charge >= 0.3 is 0 Å². The molecule has 10 heteroatoms. The third kappa shape index (κ3) is 4.98. The molecule has 0 N–H and O–H groups in total. The molecule has 0 saturated carbocycles. The second-order valence-corrected chi connectivity index (χ2v) is 9.66. The molecule has 0 fully saturated rings. The second-order valence-electron chi connectivity index (χ2n) is 8.58. The molecule has 0 unspecified atom stereocenters. The number of methoxy groups -OCH3 is 3. The highest BCUT2D eigenvalue weighted by atomic mass is 32.2. The SMILES string of the molecule is COc1cc(/C=C2/N=C(S[C@@H]3C(=O)N(c4ccccc4)N=C3C)N(c3ccccc3)C2=O)cc(OC)c1OC. The number of anilines is 2. The summed E-state index contributed by atoms with van der Waals surface area (Å²) in [5.41, 5.74) is 2.79. The van der Waals surface area contributed by atoms with Gasteiger partial charge in [-0.05, 0) is 55.0 Å². The van der Waals surface area contributed by atoms with E-state index in [1.807, 2.05) is 60.7 Å². The second kappa shape index (κ2) is 11.0. The summed E-state index contributed by atoms with van der Waals surface area (Å²) in [6.45, 7) is 1.80. The summed E-state index contributed by atoms with van der Waals surface area (Å²) < 4.78 is 16.3. The molecule has 1 atom stereocenters. The normalized spacial score (nSPS) is 17.9. The van der Waals surface area contributed by atoms with Crippen LogP contribution in [-0.4, -0.2) is 49.3 Å². The number of amides is 2. The van der Waals surface area contributed by atoms with Crippen LogP contribution in [0.3, 0.4) is 0 Å². The summed E-state index contributed by atoms with van der Waals surface area (Å²) in [4.78, 5) is 33.3. The van der Waals surface area contributed by atoms with Gasteiger partial charge in [0.05, 0.1) is 38.4 Å². The summed E-state index contributed by atoms with van der Waals surface area (Å²) in [7, 11) is 4.58. The van der Waals surface area contributed by atoms with E-state index >= 15 is 0 Å². The van der Waals surface area contributed by atoms with E-state index in [2.05, 4.69) is 10.1 Å². The zero-order chi connectivity index (χ0) is 27.5. The van der Waals surface area contributed by atoms with Crippen molar-refractivity contribution in [3.8, 4) is 17.2 Å². The molecular formula is C29H26N4O5S. The predicted molar refractivity (Wildman–Crippen MR) is 154 cm³/mol. The van der Waals surface area contributed by atoms with Crippen molar-refractivity contribution in [1.29, 1.82) is 0 Å². The van der Waals surface area contributed by atoms with Crippen molar-refractivity contribution in [1.82, 2.24) is 0 Å². The Morgan fingerprint density at radius 3 is 2.00 bits per heavy atom. The van der Waals surface area contributed by atoms with E-state index in [1.165, 1.54) is 43.0 Å². The first-order chi connectivity index (χ1) is 18.9. The van der Waals surface area contributed by atoms with Gasteiger partial charge < -0.3 is 14.2 Å². The topological polar surface area (TPSA) is 93.0 Å². The van der Waals surface area contributed by atoms with Crippen LogP contribution in [0.2, 0.25) is 0 Å². The quantitative estimate of drug-likeness (QED) is 0.391. The maximum Gasteiger partial charge on any atom is 0.283 e. The molecule has 198 valence electrons. The van der Waals surface area contributed by atoms with E-state index in [1.54, 1.807) is 25.1 Å². The molecule has 3 aromatic carbocycles. The Hall–Kier alpha value is -4.57. The van der Waals surface area contributed by atoms with E-state index in [0.717, 1.165) is 0 Å². The Labute approximate surface area is 230 Å². The minimum Gasteiger partial charge on any atom is -0.493 e. The first kappa shape index (κ1) is 26.1. The number of amidine groups is 1. The minimum absolute atomic E-state index is 0.200. The maximum atomic E-state index is 13.7. The molecule has 39 heavy (non-hydrogen) atoms. The number of hydrogen-bond donors (Lipinski definition) is 0. The first-order valence-electron chi connectivity index (χ1n) is 12.1. The molecule has 2 aliphatic heterocycles. The van der Waals surface area contributed by atoms with Gasteiger partial charge in [0.1, 0.15) is 10.9 Å². The molecule has 3 aromatic rings. The molecule has 0 aromatic heterocycles. The van der Waals surface area contributed by atoms with Crippen LogP contribution in [0.5, 0.6) is 17.2 Å². The zero-order valence-electron chi connectivity index (χ0n) is 21.8. The maximum absolute atomic E-state index is 13.7. The summed E-state index contributed by atoms with van der Waals surface area (Å²) in [5, 5.41) is 5.63. The lowest BCUT2D eigenvalue weighted by Crippen LogP contribution is -2.35. The van der Waals surface area contributed by atoms with Crippen molar-refractivity contribution in [2.75, 3.05) is 31.2 Å². The fourth-order valence-corrected chi connectivity index (χ4v) is 5.34. The summed E-state index contributed by atoms with van der Waals surface area (Å²) >= 11 is 1.19. The van der Waals surface area contributed by atoms with Gasteiger partial charge in [-0.15, -0.1) is 0 Å². The lowest BCUT2D eigenvalue weighted by molar-refractivity contribution is -0.116. The number of benzene rings is 3. The van der Waals surface area contributed by atoms with Gasteiger partial charge in [-0.2, -0.15) is 10.1 Å². The average Bonchev–Trinajstić information content (AvgIpc) is 3.43. The lowest BCUT2D eigenvalue weighted by Gasteiger charge is -2.20. The van der Waals surface area contributed by atoms with Crippen LogP contribution >= 0.6 is 11.8 Å². The van der Waals surface area contributed by atoms with Crippen molar-refractivity contribution in [2.24, 2.45) is 10.1 Å². The Morgan fingerprint density at radius 1 is 0.846 bits per heavy atom. The van der Waals surface area contributed by atoms with Crippen molar-refractivity contribution < 1.29 is 23.8 Å². The number of thioether (sulfide) groups is 1. The summed E-state index contributed by atoms with van der Waals surface area (Å²) in [5.74, 6) is 0.837. The van der Waals surface area contributed by atoms with Gasteiger partial charge in [0.25, 0.3) is 11.8 Å². The van der Waals surface area contributed by atoms with Crippen LogP contribution in [0, 0.1) is 0 Å². The molecular weight excluding hydrogens is 516 g/mol. The molecule has 5 rings (SSSR count).